The lowest BCUT2D eigenvalue weighted by atomic mass is 9.97. The highest BCUT2D eigenvalue weighted by Crippen LogP contribution is 2.38. The number of fused-ring (bicyclic) bond motifs is 1. The van der Waals surface area contributed by atoms with Gasteiger partial charge in [-0.1, -0.05) is 35.4 Å². The average molecular weight is 540 g/mol. The summed E-state index contributed by atoms with van der Waals surface area (Å²) in [6, 6.07) is 16.5. The van der Waals surface area contributed by atoms with Gasteiger partial charge in [-0.25, -0.2) is 4.98 Å². The van der Waals surface area contributed by atoms with E-state index in [4.69, 9.17) is 14.2 Å². The molecule has 0 saturated carbocycles. The Hall–Kier alpha value is -4.26. The van der Waals surface area contributed by atoms with Crippen LogP contribution in [0.3, 0.4) is 0 Å². The standard InChI is InChI=1S/C30H29N5O3S/c1-4-6-22(16-29-32-34-35-33-29)23-10-12-30(31-17-23)38-18-21-9-11-28-25(15-21)26(19-39-28)24-7-5-8-27(20(24)2)37-14-13-36-3/h5,7-12,15,17,19,22H,13-14,16,18H2,1-3H3,(H,32,33,34,35)/t22-/m0/s1. The highest BCUT2D eigenvalue weighted by molar-refractivity contribution is 7.17. The molecule has 5 rings (SSSR count). The highest BCUT2D eigenvalue weighted by Gasteiger charge is 2.15. The van der Waals surface area contributed by atoms with Crippen LogP contribution in [0.15, 0.2) is 60.1 Å². The third-order valence-corrected chi connectivity index (χ3v) is 7.36. The van der Waals surface area contributed by atoms with Gasteiger partial charge >= 0.3 is 0 Å². The van der Waals surface area contributed by atoms with Crippen LogP contribution in [0.5, 0.6) is 11.6 Å². The largest absolute Gasteiger partial charge is 0.491 e. The summed E-state index contributed by atoms with van der Waals surface area (Å²) in [7, 11) is 1.68. The Morgan fingerprint density at radius 1 is 1.05 bits per heavy atom. The number of nitrogens with zero attached hydrogens (tertiary/aromatic N) is 4. The van der Waals surface area contributed by atoms with E-state index < -0.39 is 0 Å². The Morgan fingerprint density at radius 2 is 1.97 bits per heavy atom. The SMILES string of the molecule is CC#C[C@@H](Cc1nn[nH]n1)c1ccc(OCc2ccc3scc(-c4cccc(OCCOC)c4C)c3c2)nc1. The Bertz CT molecular complexity index is 1590. The smallest absolute Gasteiger partial charge is 0.213 e. The van der Waals surface area contributed by atoms with Crippen molar-refractivity contribution in [1.82, 2.24) is 25.6 Å². The van der Waals surface area contributed by atoms with Gasteiger partial charge in [-0.05, 0) is 59.7 Å². The van der Waals surface area contributed by atoms with Gasteiger partial charge in [-0.15, -0.1) is 27.5 Å². The van der Waals surface area contributed by atoms with E-state index in [0.29, 0.717) is 37.9 Å². The lowest BCUT2D eigenvalue weighted by molar-refractivity contribution is 0.146. The normalized spacial score (nSPS) is 11.7. The summed E-state index contributed by atoms with van der Waals surface area (Å²) in [6.45, 7) is 5.41. The van der Waals surface area contributed by atoms with Crippen LogP contribution in [0, 0.1) is 18.8 Å². The molecule has 0 aliphatic carbocycles. The van der Waals surface area contributed by atoms with Crippen LogP contribution in [0.2, 0.25) is 0 Å². The summed E-state index contributed by atoms with van der Waals surface area (Å²) < 4.78 is 18.3. The number of ether oxygens (including phenoxy) is 3. The van der Waals surface area contributed by atoms with Gasteiger partial charge in [0.05, 0.1) is 12.5 Å². The predicted octanol–water partition coefficient (Wildman–Crippen LogP) is 5.74. The van der Waals surface area contributed by atoms with Crippen molar-refractivity contribution in [2.24, 2.45) is 0 Å². The van der Waals surface area contributed by atoms with Crippen LogP contribution in [-0.4, -0.2) is 45.9 Å². The average Bonchev–Trinajstić information content (AvgIpc) is 3.63. The molecule has 39 heavy (non-hydrogen) atoms. The molecule has 198 valence electrons. The number of benzene rings is 2. The molecule has 2 aromatic carbocycles. The van der Waals surface area contributed by atoms with Crippen molar-refractivity contribution in [3.05, 3.63) is 82.6 Å². The van der Waals surface area contributed by atoms with E-state index in [2.05, 4.69) is 74.0 Å². The topological polar surface area (TPSA) is 95.0 Å². The fourth-order valence-electron chi connectivity index (χ4n) is 4.39. The summed E-state index contributed by atoms with van der Waals surface area (Å²) in [6.07, 6.45) is 2.36. The van der Waals surface area contributed by atoms with Crippen LogP contribution >= 0.6 is 11.3 Å². The lowest BCUT2D eigenvalue weighted by Crippen LogP contribution is -2.05. The first kappa shape index (κ1) is 26.4. The number of nitrogens with one attached hydrogen (secondary N) is 1. The summed E-state index contributed by atoms with van der Waals surface area (Å²) in [5, 5.41) is 17.6. The Balaban J connectivity index is 1.30. The molecule has 0 fully saturated rings. The summed E-state index contributed by atoms with van der Waals surface area (Å²) in [4.78, 5) is 4.52. The van der Waals surface area contributed by atoms with E-state index in [1.807, 2.05) is 31.2 Å². The Labute approximate surface area is 231 Å². The number of pyridine rings is 1. The van der Waals surface area contributed by atoms with Gasteiger partial charge < -0.3 is 14.2 Å². The molecule has 0 radical (unpaired) electrons. The predicted molar refractivity (Wildman–Crippen MR) is 152 cm³/mol. The van der Waals surface area contributed by atoms with Crippen molar-refractivity contribution in [3.63, 3.8) is 0 Å². The summed E-state index contributed by atoms with van der Waals surface area (Å²) in [5.74, 6) is 8.17. The molecule has 0 bridgehead atoms. The molecule has 3 aromatic heterocycles. The second-order valence-electron chi connectivity index (χ2n) is 8.95. The number of aromatic nitrogens is 5. The van der Waals surface area contributed by atoms with E-state index >= 15 is 0 Å². The number of hydrogen-bond acceptors (Lipinski definition) is 8. The first-order valence-electron chi connectivity index (χ1n) is 12.6. The van der Waals surface area contributed by atoms with Crippen molar-refractivity contribution in [2.75, 3.05) is 20.3 Å². The molecular weight excluding hydrogens is 510 g/mol. The maximum absolute atomic E-state index is 6.05. The van der Waals surface area contributed by atoms with Crippen LogP contribution < -0.4 is 9.47 Å². The molecule has 0 aliphatic rings. The molecule has 0 amide bonds. The number of aromatic amines is 1. The zero-order valence-corrected chi connectivity index (χ0v) is 22.9. The van der Waals surface area contributed by atoms with Crippen LogP contribution in [0.25, 0.3) is 21.2 Å². The minimum atomic E-state index is -0.0686. The molecule has 8 nitrogen and oxygen atoms in total. The van der Waals surface area contributed by atoms with Gasteiger partial charge in [0.25, 0.3) is 0 Å². The first-order valence-corrected chi connectivity index (χ1v) is 13.5. The molecule has 5 aromatic rings. The molecule has 3 heterocycles. The zero-order chi connectivity index (χ0) is 27.0. The molecule has 0 saturated heterocycles. The molecular formula is C30H29N5O3S. The van der Waals surface area contributed by atoms with Gasteiger partial charge in [0.1, 0.15) is 19.0 Å². The number of tetrazole rings is 1. The van der Waals surface area contributed by atoms with Gasteiger partial charge in [0, 0.05) is 41.4 Å². The van der Waals surface area contributed by atoms with Crippen LogP contribution in [0.4, 0.5) is 0 Å². The van der Waals surface area contributed by atoms with E-state index in [-0.39, 0.29) is 5.92 Å². The number of hydrogen-bond donors (Lipinski definition) is 1. The molecule has 1 N–H and O–H groups in total. The first-order chi connectivity index (χ1) is 19.2. The van der Waals surface area contributed by atoms with Crippen molar-refractivity contribution >= 4 is 21.4 Å². The minimum absolute atomic E-state index is 0.0686. The summed E-state index contributed by atoms with van der Waals surface area (Å²) >= 11 is 1.74. The third-order valence-electron chi connectivity index (χ3n) is 6.40. The number of methoxy groups -OCH3 is 1. The second kappa shape index (κ2) is 12.5. The van der Waals surface area contributed by atoms with Gasteiger partial charge in [-0.3, -0.25) is 0 Å². The van der Waals surface area contributed by atoms with E-state index in [1.54, 1.807) is 24.6 Å². The lowest BCUT2D eigenvalue weighted by Gasteiger charge is -2.13. The third kappa shape index (κ3) is 6.25. The van der Waals surface area contributed by atoms with E-state index in [0.717, 1.165) is 28.0 Å². The molecule has 9 heteroatoms. The van der Waals surface area contributed by atoms with Gasteiger partial charge in [0.2, 0.25) is 5.88 Å². The summed E-state index contributed by atoms with van der Waals surface area (Å²) in [5.41, 5.74) is 5.53. The molecule has 0 unspecified atom stereocenters. The van der Waals surface area contributed by atoms with Crippen molar-refractivity contribution in [1.29, 1.82) is 0 Å². The number of thiophene rings is 1. The molecule has 0 spiro atoms. The van der Waals surface area contributed by atoms with Crippen LogP contribution in [-0.2, 0) is 17.8 Å². The monoisotopic (exact) mass is 539 g/mol. The van der Waals surface area contributed by atoms with Crippen LogP contribution in [0.1, 0.15) is 35.4 Å². The van der Waals surface area contributed by atoms with E-state index in [1.165, 1.54) is 15.6 Å². The zero-order valence-electron chi connectivity index (χ0n) is 22.1. The Morgan fingerprint density at radius 3 is 2.74 bits per heavy atom. The molecule has 0 aliphatic heterocycles. The number of H-pyrrole nitrogens is 1. The maximum Gasteiger partial charge on any atom is 0.213 e. The molecule has 1 atom stereocenters. The van der Waals surface area contributed by atoms with Crippen molar-refractivity contribution in [3.8, 4) is 34.6 Å². The van der Waals surface area contributed by atoms with Gasteiger partial charge in [0.15, 0.2) is 5.82 Å². The Kier molecular flexibility index (Phi) is 8.46. The van der Waals surface area contributed by atoms with Gasteiger partial charge in [-0.2, -0.15) is 5.21 Å². The minimum Gasteiger partial charge on any atom is -0.491 e. The van der Waals surface area contributed by atoms with Crippen molar-refractivity contribution < 1.29 is 14.2 Å². The maximum atomic E-state index is 6.05. The fraction of sp³-hybridized carbons (Fsp3) is 0.267. The second-order valence-corrected chi connectivity index (χ2v) is 9.86. The van der Waals surface area contributed by atoms with Crippen molar-refractivity contribution in [2.45, 2.75) is 32.8 Å². The highest BCUT2D eigenvalue weighted by atomic mass is 32.1. The quantitative estimate of drug-likeness (QED) is 0.169. The van der Waals surface area contributed by atoms with E-state index in [9.17, 15) is 0 Å². The number of rotatable bonds is 11. The fourth-order valence-corrected chi connectivity index (χ4v) is 5.33.